The van der Waals surface area contributed by atoms with E-state index in [1.807, 2.05) is 0 Å². The highest BCUT2D eigenvalue weighted by Gasteiger charge is 2.27. The SMILES string of the molecule is CCCN(CCCC/C(N)=N/O)C1CC1. The van der Waals surface area contributed by atoms with Gasteiger partial charge in [-0.2, -0.15) is 0 Å². The number of nitrogens with zero attached hydrogens (tertiary/aromatic N) is 2. The van der Waals surface area contributed by atoms with Crippen molar-refractivity contribution in [2.75, 3.05) is 13.1 Å². The second-order valence-corrected chi connectivity index (χ2v) is 4.32. The molecule has 0 atom stereocenters. The lowest BCUT2D eigenvalue weighted by Crippen LogP contribution is -2.28. The van der Waals surface area contributed by atoms with Gasteiger partial charge in [0.1, 0.15) is 5.84 Å². The highest BCUT2D eigenvalue weighted by atomic mass is 16.4. The molecule has 1 aliphatic rings. The smallest absolute Gasteiger partial charge is 0.139 e. The molecule has 0 radical (unpaired) electrons. The monoisotopic (exact) mass is 213 g/mol. The van der Waals surface area contributed by atoms with E-state index in [0.717, 1.165) is 25.4 Å². The summed E-state index contributed by atoms with van der Waals surface area (Å²) in [5, 5.41) is 11.3. The summed E-state index contributed by atoms with van der Waals surface area (Å²) in [6.07, 6.45) is 6.86. The van der Waals surface area contributed by atoms with Gasteiger partial charge in [0, 0.05) is 12.5 Å². The minimum atomic E-state index is 0.350. The Bertz CT molecular complexity index is 202. The first-order valence-electron chi connectivity index (χ1n) is 5.98. The predicted molar refractivity (Wildman–Crippen MR) is 62.1 cm³/mol. The van der Waals surface area contributed by atoms with Crippen molar-refractivity contribution >= 4 is 5.84 Å². The second kappa shape index (κ2) is 6.67. The molecule has 1 saturated carbocycles. The third kappa shape index (κ3) is 5.02. The van der Waals surface area contributed by atoms with Gasteiger partial charge in [0.2, 0.25) is 0 Å². The van der Waals surface area contributed by atoms with Crippen LogP contribution in [-0.4, -0.2) is 35.1 Å². The molecule has 1 fully saturated rings. The summed E-state index contributed by atoms with van der Waals surface area (Å²) in [6, 6.07) is 0.855. The number of unbranched alkanes of at least 4 members (excludes halogenated alkanes) is 1. The molecule has 4 heteroatoms. The topological polar surface area (TPSA) is 61.8 Å². The minimum absolute atomic E-state index is 0.350. The summed E-state index contributed by atoms with van der Waals surface area (Å²) in [4.78, 5) is 2.58. The van der Waals surface area contributed by atoms with Gasteiger partial charge in [-0.15, -0.1) is 0 Å². The molecule has 0 aliphatic heterocycles. The molecular weight excluding hydrogens is 190 g/mol. The number of amidine groups is 1. The molecule has 4 nitrogen and oxygen atoms in total. The zero-order chi connectivity index (χ0) is 11.1. The first-order chi connectivity index (χ1) is 7.27. The van der Waals surface area contributed by atoms with Crippen molar-refractivity contribution in [3.05, 3.63) is 0 Å². The molecular formula is C11H23N3O. The molecule has 0 heterocycles. The molecule has 1 aliphatic carbocycles. The molecule has 0 aromatic rings. The number of oxime groups is 1. The number of nitrogens with two attached hydrogens (primary N) is 1. The summed E-state index contributed by atoms with van der Waals surface area (Å²) in [5.74, 6) is 0.350. The van der Waals surface area contributed by atoms with Crippen LogP contribution in [0.2, 0.25) is 0 Å². The van der Waals surface area contributed by atoms with Crippen LogP contribution in [0.4, 0.5) is 0 Å². The Hall–Kier alpha value is -0.770. The molecule has 1 rings (SSSR count). The van der Waals surface area contributed by atoms with Crippen molar-refractivity contribution in [2.45, 2.75) is 51.5 Å². The average Bonchev–Trinajstić information content (AvgIpc) is 3.06. The quantitative estimate of drug-likeness (QED) is 0.212. The van der Waals surface area contributed by atoms with Crippen molar-refractivity contribution in [3.63, 3.8) is 0 Å². The van der Waals surface area contributed by atoms with Gasteiger partial charge < -0.3 is 15.8 Å². The Morgan fingerprint density at radius 2 is 2.13 bits per heavy atom. The van der Waals surface area contributed by atoms with E-state index in [2.05, 4.69) is 17.0 Å². The molecule has 0 aromatic carbocycles. The Morgan fingerprint density at radius 1 is 1.40 bits per heavy atom. The fraction of sp³-hybridized carbons (Fsp3) is 0.909. The minimum Gasteiger partial charge on any atom is -0.409 e. The van der Waals surface area contributed by atoms with Gasteiger partial charge in [-0.25, -0.2) is 0 Å². The van der Waals surface area contributed by atoms with Crippen molar-refractivity contribution in [3.8, 4) is 0 Å². The summed E-state index contributed by atoms with van der Waals surface area (Å²) >= 11 is 0. The Labute approximate surface area is 92.1 Å². The molecule has 0 amide bonds. The van der Waals surface area contributed by atoms with Gasteiger partial charge in [-0.3, -0.25) is 0 Å². The zero-order valence-electron chi connectivity index (χ0n) is 9.65. The maximum absolute atomic E-state index is 8.38. The standard InChI is InChI=1S/C11H23N3O/c1-2-8-14(10-6-7-10)9-4-3-5-11(12)13-15/h10,15H,2-9H2,1H3,(H2,12,13). The molecule has 0 spiro atoms. The zero-order valence-corrected chi connectivity index (χ0v) is 9.65. The number of rotatable bonds is 8. The lowest BCUT2D eigenvalue weighted by atomic mass is 10.2. The van der Waals surface area contributed by atoms with E-state index >= 15 is 0 Å². The van der Waals surface area contributed by atoms with Crippen LogP contribution in [0.1, 0.15) is 45.4 Å². The van der Waals surface area contributed by atoms with Crippen molar-refractivity contribution < 1.29 is 5.21 Å². The molecule has 3 N–H and O–H groups in total. The predicted octanol–water partition coefficient (Wildman–Crippen LogP) is 1.78. The van der Waals surface area contributed by atoms with E-state index in [9.17, 15) is 0 Å². The van der Waals surface area contributed by atoms with Gasteiger partial charge >= 0.3 is 0 Å². The van der Waals surface area contributed by atoms with Crippen LogP contribution in [0.25, 0.3) is 0 Å². The lowest BCUT2D eigenvalue weighted by molar-refractivity contribution is 0.258. The van der Waals surface area contributed by atoms with E-state index in [-0.39, 0.29) is 0 Å². The van der Waals surface area contributed by atoms with E-state index in [1.165, 1.54) is 25.8 Å². The van der Waals surface area contributed by atoms with Gasteiger partial charge in [-0.05, 0) is 45.2 Å². The van der Waals surface area contributed by atoms with Crippen LogP contribution in [-0.2, 0) is 0 Å². The van der Waals surface area contributed by atoms with Gasteiger partial charge in [0.15, 0.2) is 0 Å². The largest absolute Gasteiger partial charge is 0.409 e. The fourth-order valence-corrected chi connectivity index (χ4v) is 1.87. The third-order valence-corrected chi connectivity index (χ3v) is 2.83. The summed E-state index contributed by atoms with van der Waals surface area (Å²) in [6.45, 7) is 4.61. The van der Waals surface area contributed by atoms with Gasteiger partial charge in [0.05, 0.1) is 0 Å². The maximum Gasteiger partial charge on any atom is 0.139 e. The van der Waals surface area contributed by atoms with Crippen molar-refractivity contribution in [1.82, 2.24) is 4.90 Å². The third-order valence-electron chi connectivity index (χ3n) is 2.83. The maximum atomic E-state index is 8.38. The van der Waals surface area contributed by atoms with Crippen LogP contribution < -0.4 is 5.73 Å². The lowest BCUT2D eigenvalue weighted by Gasteiger charge is -2.20. The molecule has 88 valence electrons. The molecule has 0 aromatic heterocycles. The molecule has 0 unspecified atom stereocenters. The average molecular weight is 213 g/mol. The van der Waals surface area contributed by atoms with E-state index in [0.29, 0.717) is 12.3 Å². The molecule has 15 heavy (non-hydrogen) atoms. The van der Waals surface area contributed by atoms with Gasteiger partial charge in [-0.1, -0.05) is 12.1 Å². The summed E-state index contributed by atoms with van der Waals surface area (Å²) in [7, 11) is 0. The normalized spacial score (nSPS) is 17.3. The van der Waals surface area contributed by atoms with Crippen LogP contribution in [0.15, 0.2) is 5.16 Å². The Balaban J connectivity index is 2.06. The Morgan fingerprint density at radius 3 is 2.67 bits per heavy atom. The van der Waals surface area contributed by atoms with Gasteiger partial charge in [0.25, 0.3) is 0 Å². The van der Waals surface area contributed by atoms with Crippen LogP contribution >= 0.6 is 0 Å². The summed E-state index contributed by atoms with van der Waals surface area (Å²) < 4.78 is 0. The first-order valence-corrected chi connectivity index (χ1v) is 5.98. The number of hydrogen-bond acceptors (Lipinski definition) is 3. The van der Waals surface area contributed by atoms with Crippen LogP contribution in [0, 0.1) is 0 Å². The fourth-order valence-electron chi connectivity index (χ4n) is 1.87. The van der Waals surface area contributed by atoms with E-state index < -0.39 is 0 Å². The highest BCUT2D eigenvalue weighted by molar-refractivity contribution is 5.79. The first kappa shape index (κ1) is 12.3. The van der Waals surface area contributed by atoms with E-state index in [4.69, 9.17) is 10.9 Å². The highest BCUT2D eigenvalue weighted by Crippen LogP contribution is 2.27. The number of hydrogen-bond donors (Lipinski definition) is 2. The van der Waals surface area contributed by atoms with Crippen molar-refractivity contribution in [1.29, 1.82) is 0 Å². The van der Waals surface area contributed by atoms with Crippen LogP contribution in [0.3, 0.4) is 0 Å². The van der Waals surface area contributed by atoms with Crippen molar-refractivity contribution in [2.24, 2.45) is 10.9 Å². The molecule has 0 saturated heterocycles. The van der Waals surface area contributed by atoms with E-state index in [1.54, 1.807) is 0 Å². The molecule has 0 bridgehead atoms. The Kier molecular flexibility index (Phi) is 5.47. The van der Waals surface area contributed by atoms with Crippen LogP contribution in [0.5, 0.6) is 0 Å². The summed E-state index contributed by atoms with van der Waals surface area (Å²) in [5.41, 5.74) is 5.41. The second-order valence-electron chi connectivity index (χ2n) is 4.32.